The van der Waals surface area contributed by atoms with Gasteiger partial charge in [-0.2, -0.15) is 0 Å². The normalized spacial score (nSPS) is 10.1. The fraction of sp³-hybridized carbons (Fsp3) is 0.143. The number of anilines is 3. The van der Waals surface area contributed by atoms with Crippen LogP contribution >= 0.6 is 0 Å². The molecule has 0 bridgehead atoms. The molecule has 1 amide bonds. The standard InChI is InChI=1S/C21H21N3O4/c1-26-16-6-4-15(5-7-16)23-21(25)14-10-11-22-20(12-14)24-18-9-8-17(27-2)13-19(18)28-3/h4-13H,1-3H3,(H,22,24)(H,23,25). The number of hydrogen-bond donors (Lipinski definition) is 2. The lowest BCUT2D eigenvalue weighted by atomic mass is 10.2. The zero-order chi connectivity index (χ0) is 19.9. The molecule has 0 aliphatic heterocycles. The van der Waals surface area contributed by atoms with Gasteiger partial charge < -0.3 is 24.8 Å². The Kier molecular flexibility index (Phi) is 5.96. The zero-order valence-electron chi connectivity index (χ0n) is 15.9. The van der Waals surface area contributed by atoms with Gasteiger partial charge in [-0.05, 0) is 48.5 Å². The Labute approximate surface area is 163 Å². The number of methoxy groups -OCH3 is 3. The topological polar surface area (TPSA) is 81.7 Å². The molecule has 0 unspecified atom stereocenters. The van der Waals surface area contributed by atoms with Gasteiger partial charge in [-0.15, -0.1) is 0 Å². The number of nitrogens with zero attached hydrogens (tertiary/aromatic N) is 1. The van der Waals surface area contributed by atoms with Crippen molar-refractivity contribution < 1.29 is 19.0 Å². The number of hydrogen-bond acceptors (Lipinski definition) is 6. The minimum atomic E-state index is -0.239. The average Bonchev–Trinajstić information content (AvgIpc) is 2.74. The highest BCUT2D eigenvalue weighted by molar-refractivity contribution is 6.04. The van der Waals surface area contributed by atoms with Crippen molar-refractivity contribution in [3.8, 4) is 17.2 Å². The van der Waals surface area contributed by atoms with E-state index in [0.29, 0.717) is 34.3 Å². The summed E-state index contributed by atoms with van der Waals surface area (Å²) in [4.78, 5) is 16.8. The van der Waals surface area contributed by atoms with Crippen molar-refractivity contribution in [3.05, 3.63) is 66.4 Å². The predicted molar refractivity (Wildman–Crippen MR) is 108 cm³/mol. The number of carbonyl (C=O) groups excluding carboxylic acids is 1. The molecule has 0 saturated carbocycles. The number of amides is 1. The van der Waals surface area contributed by atoms with Gasteiger partial charge in [-0.1, -0.05) is 0 Å². The van der Waals surface area contributed by atoms with Crippen molar-refractivity contribution in [2.75, 3.05) is 32.0 Å². The molecule has 3 rings (SSSR count). The van der Waals surface area contributed by atoms with E-state index < -0.39 is 0 Å². The van der Waals surface area contributed by atoms with Crippen LogP contribution in [-0.4, -0.2) is 32.2 Å². The first-order valence-corrected chi connectivity index (χ1v) is 8.53. The third-order valence-corrected chi connectivity index (χ3v) is 4.04. The van der Waals surface area contributed by atoms with E-state index in [1.165, 1.54) is 0 Å². The van der Waals surface area contributed by atoms with Crippen LogP contribution in [0, 0.1) is 0 Å². The van der Waals surface area contributed by atoms with Crippen LogP contribution in [0.25, 0.3) is 0 Å². The minimum absolute atomic E-state index is 0.239. The van der Waals surface area contributed by atoms with Crippen molar-refractivity contribution in [2.24, 2.45) is 0 Å². The van der Waals surface area contributed by atoms with E-state index in [0.717, 1.165) is 5.75 Å². The molecular weight excluding hydrogens is 358 g/mol. The molecule has 144 valence electrons. The van der Waals surface area contributed by atoms with Crippen LogP contribution in [0.4, 0.5) is 17.2 Å². The first kappa shape index (κ1) is 19.0. The predicted octanol–water partition coefficient (Wildman–Crippen LogP) is 4.10. The van der Waals surface area contributed by atoms with E-state index in [9.17, 15) is 4.79 Å². The number of aromatic nitrogens is 1. The fourth-order valence-electron chi connectivity index (χ4n) is 2.56. The molecule has 7 nitrogen and oxygen atoms in total. The van der Waals surface area contributed by atoms with Crippen LogP contribution in [0.15, 0.2) is 60.8 Å². The van der Waals surface area contributed by atoms with Gasteiger partial charge in [0.15, 0.2) is 0 Å². The third kappa shape index (κ3) is 4.50. The Balaban J connectivity index is 1.75. The molecule has 0 atom stereocenters. The second kappa shape index (κ2) is 8.77. The second-order valence-electron chi connectivity index (χ2n) is 5.80. The fourth-order valence-corrected chi connectivity index (χ4v) is 2.56. The number of carbonyl (C=O) groups is 1. The smallest absolute Gasteiger partial charge is 0.255 e. The van der Waals surface area contributed by atoms with Gasteiger partial charge in [-0.25, -0.2) is 4.98 Å². The summed E-state index contributed by atoms with van der Waals surface area (Å²) in [6.45, 7) is 0. The Morgan fingerprint density at radius 3 is 2.25 bits per heavy atom. The van der Waals surface area contributed by atoms with Crippen molar-refractivity contribution >= 4 is 23.1 Å². The molecule has 0 saturated heterocycles. The van der Waals surface area contributed by atoms with E-state index in [2.05, 4.69) is 15.6 Å². The van der Waals surface area contributed by atoms with Crippen molar-refractivity contribution in [1.29, 1.82) is 0 Å². The van der Waals surface area contributed by atoms with E-state index >= 15 is 0 Å². The SMILES string of the molecule is COc1ccc(NC(=O)c2ccnc(Nc3ccc(OC)cc3OC)c2)cc1. The van der Waals surface area contributed by atoms with E-state index in [1.54, 1.807) is 70.0 Å². The lowest BCUT2D eigenvalue weighted by Crippen LogP contribution is -2.12. The summed E-state index contributed by atoms with van der Waals surface area (Å²) in [6.07, 6.45) is 1.57. The molecule has 3 aromatic rings. The molecule has 2 aromatic carbocycles. The number of rotatable bonds is 7. The summed E-state index contributed by atoms with van der Waals surface area (Å²) in [5.41, 5.74) is 1.86. The molecule has 28 heavy (non-hydrogen) atoms. The maximum absolute atomic E-state index is 12.5. The summed E-state index contributed by atoms with van der Waals surface area (Å²) >= 11 is 0. The highest BCUT2D eigenvalue weighted by Gasteiger charge is 2.10. The Morgan fingerprint density at radius 2 is 1.57 bits per heavy atom. The Morgan fingerprint density at radius 1 is 0.857 bits per heavy atom. The summed E-state index contributed by atoms with van der Waals surface area (Å²) in [5, 5.41) is 6.01. The molecule has 7 heteroatoms. The van der Waals surface area contributed by atoms with Crippen LogP contribution < -0.4 is 24.8 Å². The quantitative estimate of drug-likeness (QED) is 0.643. The molecule has 1 heterocycles. The van der Waals surface area contributed by atoms with Crippen molar-refractivity contribution in [3.63, 3.8) is 0 Å². The van der Waals surface area contributed by atoms with Gasteiger partial charge >= 0.3 is 0 Å². The van der Waals surface area contributed by atoms with E-state index in [-0.39, 0.29) is 5.91 Å². The highest BCUT2D eigenvalue weighted by atomic mass is 16.5. The van der Waals surface area contributed by atoms with Gasteiger partial charge in [0.25, 0.3) is 5.91 Å². The molecule has 0 radical (unpaired) electrons. The van der Waals surface area contributed by atoms with E-state index in [1.807, 2.05) is 12.1 Å². The minimum Gasteiger partial charge on any atom is -0.497 e. The molecule has 2 N–H and O–H groups in total. The van der Waals surface area contributed by atoms with Crippen LogP contribution in [0.5, 0.6) is 17.2 Å². The number of ether oxygens (including phenoxy) is 3. The third-order valence-electron chi connectivity index (χ3n) is 4.04. The van der Waals surface area contributed by atoms with Crippen LogP contribution in [0.1, 0.15) is 10.4 Å². The summed E-state index contributed by atoms with van der Waals surface area (Å²) < 4.78 is 15.7. The average molecular weight is 379 g/mol. The van der Waals surface area contributed by atoms with Gasteiger partial charge in [0.05, 0.1) is 27.0 Å². The largest absolute Gasteiger partial charge is 0.497 e. The first-order valence-electron chi connectivity index (χ1n) is 8.53. The number of nitrogens with one attached hydrogen (secondary N) is 2. The molecule has 1 aromatic heterocycles. The summed E-state index contributed by atoms with van der Waals surface area (Å²) in [6, 6.07) is 15.8. The van der Waals surface area contributed by atoms with Crippen LogP contribution in [0.2, 0.25) is 0 Å². The van der Waals surface area contributed by atoms with Gasteiger partial charge in [0, 0.05) is 23.5 Å². The lowest BCUT2D eigenvalue weighted by molar-refractivity contribution is 0.102. The number of benzene rings is 2. The zero-order valence-corrected chi connectivity index (χ0v) is 15.9. The van der Waals surface area contributed by atoms with Crippen LogP contribution in [0.3, 0.4) is 0 Å². The van der Waals surface area contributed by atoms with Gasteiger partial charge in [0.1, 0.15) is 23.1 Å². The molecular formula is C21H21N3O4. The van der Waals surface area contributed by atoms with E-state index in [4.69, 9.17) is 14.2 Å². The first-order chi connectivity index (χ1) is 13.6. The summed E-state index contributed by atoms with van der Waals surface area (Å²) in [5.74, 6) is 2.29. The maximum atomic E-state index is 12.5. The lowest BCUT2D eigenvalue weighted by Gasteiger charge is -2.12. The number of pyridine rings is 1. The molecule has 0 spiro atoms. The highest BCUT2D eigenvalue weighted by Crippen LogP contribution is 2.31. The molecule has 0 aliphatic rings. The second-order valence-corrected chi connectivity index (χ2v) is 5.80. The monoisotopic (exact) mass is 379 g/mol. The van der Waals surface area contributed by atoms with Crippen molar-refractivity contribution in [1.82, 2.24) is 4.98 Å². The Hall–Kier alpha value is -3.74. The molecule has 0 fully saturated rings. The molecule has 0 aliphatic carbocycles. The van der Waals surface area contributed by atoms with Gasteiger partial charge in [0.2, 0.25) is 0 Å². The Bertz CT molecular complexity index is 958. The van der Waals surface area contributed by atoms with Gasteiger partial charge in [-0.3, -0.25) is 4.79 Å². The van der Waals surface area contributed by atoms with Crippen molar-refractivity contribution in [2.45, 2.75) is 0 Å². The maximum Gasteiger partial charge on any atom is 0.255 e. The summed E-state index contributed by atoms with van der Waals surface area (Å²) in [7, 11) is 4.76. The van der Waals surface area contributed by atoms with Crippen LogP contribution in [-0.2, 0) is 0 Å².